The van der Waals surface area contributed by atoms with Crippen molar-refractivity contribution in [1.29, 1.82) is 0 Å². The molecule has 0 saturated heterocycles. The molecule has 0 saturated carbocycles. The van der Waals surface area contributed by atoms with Crippen molar-refractivity contribution in [2.75, 3.05) is 5.32 Å². The zero-order chi connectivity index (χ0) is 17.3. The summed E-state index contributed by atoms with van der Waals surface area (Å²) in [6, 6.07) is 11.0. The summed E-state index contributed by atoms with van der Waals surface area (Å²) in [5, 5.41) is 5.71. The second kappa shape index (κ2) is 6.43. The summed E-state index contributed by atoms with van der Waals surface area (Å²) < 4.78 is 20.3. The fourth-order valence-corrected chi connectivity index (χ4v) is 3.22. The Labute approximate surface area is 148 Å². The van der Waals surface area contributed by atoms with Crippen LogP contribution in [0, 0.1) is 5.82 Å². The van der Waals surface area contributed by atoms with Crippen LogP contribution in [0.25, 0.3) is 0 Å². The molecule has 0 radical (unpaired) electrons. The molecule has 2 aromatic carbocycles. The average molecular weight is 393 g/mol. The molecule has 2 aromatic rings. The standard InChI is InChI=1S/C18H18BrFN2O2/c1-18(2)10-15(12-9-11(20)7-8-16(12)24-18)22-17(23)21-14-6-4-3-5-13(14)19/h3-9,15H,10H2,1-2H3,(H2,21,22,23). The predicted molar refractivity (Wildman–Crippen MR) is 94.8 cm³/mol. The van der Waals surface area contributed by atoms with Gasteiger partial charge >= 0.3 is 6.03 Å². The van der Waals surface area contributed by atoms with Gasteiger partial charge in [-0.15, -0.1) is 0 Å². The Bertz CT molecular complexity index is 779. The highest BCUT2D eigenvalue weighted by Crippen LogP contribution is 2.39. The molecular formula is C18H18BrFN2O2. The molecule has 3 rings (SSSR count). The number of hydrogen-bond acceptors (Lipinski definition) is 2. The lowest BCUT2D eigenvalue weighted by Crippen LogP contribution is -2.42. The van der Waals surface area contributed by atoms with E-state index in [9.17, 15) is 9.18 Å². The number of hydrogen-bond donors (Lipinski definition) is 2. The lowest BCUT2D eigenvalue weighted by atomic mass is 9.89. The molecule has 1 aliphatic heterocycles. The van der Waals surface area contributed by atoms with Crippen LogP contribution in [0.5, 0.6) is 5.75 Å². The smallest absolute Gasteiger partial charge is 0.319 e. The van der Waals surface area contributed by atoms with Crippen molar-refractivity contribution < 1.29 is 13.9 Å². The summed E-state index contributed by atoms with van der Waals surface area (Å²) in [5.41, 5.74) is 0.869. The number of benzene rings is 2. The monoisotopic (exact) mass is 392 g/mol. The number of ether oxygens (including phenoxy) is 1. The average Bonchev–Trinajstić information content (AvgIpc) is 2.49. The highest BCUT2D eigenvalue weighted by atomic mass is 79.9. The SMILES string of the molecule is CC1(C)CC(NC(=O)Nc2ccccc2Br)c2cc(F)ccc2O1. The van der Waals surface area contributed by atoms with E-state index in [0.717, 1.165) is 4.47 Å². The first-order valence-corrected chi connectivity index (χ1v) is 8.44. The molecule has 1 unspecified atom stereocenters. The summed E-state index contributed by atoms with van der Waals surface area (Å²) in [6.45, 7) is 3.89. The molecule has 0 fully saturated rings. The van der Waals surface area contributed by atoms with Crippen molar-refractivity contribution in [3.05, 3.63) is 58.3 Å². The van der Waals surface area contributed by atoms with Crippen LogP contribution in [-0.2, 0) is 0 Å². The van der Waals surface area contributed by atoms with Crippen LogP contribution in [0.3, 0.4) is 0 Å². The second-order valence-electron chi connectivity index (χ2n) is 6.38. The summed E-state index contributed by atoms with van der Waals surface area (Å²) in [6.07, 6.45) is 0.548. The number of halogens is 2. The van der Waals surface area contributed by atoms with Gasteiger partial charge in [0.05, 0.1) is 11.7 Å². The zero-order valence-electron chi connectivity index (χ0n) is 13.4. The number of para-hydroxylation sites is 1. The quantitative estimate of drug-likeness (QED) is 0.754. The topological polar surface area (TPSA) is 50.4 Å². The third-order valence-electron chi connectivity index (χ3n) is 3.86. The first-order valence-electron chi connectivity index (χ1n) is 7.64. The maximum atomic E-state index is 13.6. The molecule has 1 aliphatic rings. The summed E-state index contributed by atoms with van der Waals surface area (Å²) >= 11 is 3.39. The number of fused-ring (bicyclic) bond motifs is 1. The van der Waals surface area contributed by atoms with Gasteiger partial charge in [0.15, 0.2) is 0 Å². The molecule has 0 bridgehead atoms. The molecule has 0 aromatic heterocycles. The number of urea groups is 1. The Hall–Kier alpha value is -2.08. The zero-order valence-corrected chi connectivity index (χ0v) is 15.0. The van der Waals surface area contributed by atoms with Crippen LogP contribution in [0.1, 0.15) is 31.9 Å². The number of carbonyl (C=O) groups is 1. The van der Waals surface area contributed by atoms with Crippen LogP contribution in [0.2, 0.25) is 0 Å². The number of nitrogens with one attached hydrogen (secondary N) is 2. The third kappa shape index (κ3) is 3.70. The first kappa shape index (κ1) is 16.8. The molecule has 24 heavy (non-hydrogen) atoms. The molecule has 1 atom stereocenters. The van der Waals surface area contributed by atoms with Gasteiger partial charge in [0.2, 0.25) is 0 Å². The summed E-state index contributed by atoms with van der Waals surface area (Å²) in [4.78, 5) is 12.4. The van der Waals surface area contributed by atoms with E-state index in [1.54, 1.807) is 12.1 Å². The van der Waals surface area contributed by atoms with Gasteiger partial charge in [0, 0.05) is 16.5 Å². The van der Waals surface area contributed by atoms with Crippen LogP contribution in [0.4, 0.5) is 14.9 Å². The van der Waals surface area contributed by atoms with E-state index in [0.29, 0.717) is 23.4 Å². The number of rotatable bonds is 2. The molecule has 4 nitrogen and oxygen atoms in total. The van der Waals surface area contributed by atoms with Crippen molar-refractivity contribution in [2.24, 2.45) is 0 Å². The van der Waals surface area contributed by atoms with Gasteiger partial charge in [-0.3, -0.25) is 0 Å². The minimum absolute atomic E-state index is 0.332. The minimum Gasteiger partial charge on any atom is -0.487 e. The van der Waals surface area contributed by atoms with Gasteiger partial charge in [-0.2, -0.15) is 0 Å². The summed E-state index contributed by atoms with van der Waals surface area (Å²) in [5.74, 6) is 0.244. The van der Waals surface area contributed by atoms with Gasteiger partial charge < -0.3 is 15.4 Å². The normalized spacial score (nSPS) is 18.2. The van der Waals surface area contributed by atoms with E-state index < -0.39 is 5.60 Å². The van der Waals surface area contributed by atoms with Crippen LogP contribution in [0.15, 0.2) is 46.9 Å². The van der Waals surface area contributed by atoms with Crippen LogP contribution >= 0.6 is 15.9 Å². The molecule has 6 heteroatoms. The number of amides is 2. The lowest BCUT2D eigenvalue weighted by molar-refractivity contribution is 0.0680. The summed E-state index contributed by atoms with van der Waals surface area (Å²) in [7, 11) is 0. The van der Waals surface area contributed by atoms with Crippen molar-refractivity contribution in [1.82, 2.24) is 5.32 Å². The van der Waals surface area contributed by atoms with Crippen molar-refractivity contribution in [2.45, 2.75) is 31.9 Å². The lowest BCUT2D eigenvalue weighted by Gasteiger charge is -2.37. The van der Waals surface area contributed by atoms with E-state index in [1.165, 1.54) is 12.1 Å². The minimum atomic E-state index is -0.448. The maximum Gasteiger partial charge on any atom is 0.319 e. The molecule has 1 heterocycles. The Kier molecular flexibility index (Phi) is 4.49. The molecule has 126 valence electrons. The molecular weight excluding hydrogens is 375 g/mol. The predicted octanol–water partition coefficient (Wildman–Crippen LogP) is 5.01. The first-order chi connectivity index (χ1) is 11.3. The Morgan fingerprint density at radius 2 is 2.04 bits per heavy atom. The van der Waals surface area contributed by atoms with E-state index >= 15 is 0 Å². The van der Waals surface area contributed by atoms with Crippen LogP contribution < -0.4 is 15.4 Å². The van der Waals surface area contributed by atoms with Crippen molar-refractivity contribution in [3.63, 3.8) is 0 Å². The van der Waals surface area contributed by atoms with Gasteiger partial charge in [0.25, 0.3) is 0 Å². The molecule has 2 N–H and O–H groups in total. The third-order valence-corrected chi connectivity index (χ3v) is 4.55. The number of anilines is 1. The Balaban J connectivity index is 1.80. The Morgan fingerprint density at radius 1 is 1.29 bits per heavy atom. The molecule has 0 spiro atoms. The van der Waals surface area contributed by atoms with E-state index in [1.807, 2.05) is 32.0 Å². The fourth-order valence-electron chi connectivity index (χ4n) is 2.83. The van der Waals surface area contributed by atoms with E-state index in [-0.39, 0.29) is 17.9 Å². The van der Waals surface area contributed by atoms with E-state index in [4.69, 9.17) is 4.74 Å². The molecule has 2 amide bonds. The Morgan fingerprint density at radius 3 is 2.79 bits per heavy atom. The fraction of sp³-hybridized carbons (Fsp3) is 0.278. The maximum absolute atomic E-state index is 13.6. The number of carbonyl (C=O) groups excluding carboxylic acids is 1. The van der Waals surface area contributed by atoms with Crippen molar-refractivity contribution >= 4 is 27.6 Å². The van der Waals surface area contributed by atoms with E-state index in [2.05, 4.69) is 26.6 Å². The highest BCUT2D eigenvalue weighted by molar-refractivity contribution is 9.10. The molecule has 0 aliphatic carbocycles. The van der Waals surface area contributed by atoms with Crippen molar-refractivity contribution in [3.8, 4) is 5.75 Å². The van der Waals surface area contributed by atoms with Gasteiger partial charge in [-0.05, 0) is 60.1 Å². The van der Waals surface area contributed by atoms with Gasteiger partial charge in [-0.1, -0.05) is 12.1 Å². The highest BCUT2D eigenvalue weighted by Gasteiger charge is 2.34. The second-order valence-corrected chi connectivity index (χ2v) is 7.23. The van der Waals surface area contributed by atoms with Gasteiger partial charge in [-0.25, -0.2) is 9.18 Å². The largest absolute Gasteiger partial charge is 0.487 e. The van der Waals surface area contributed by atoms with Gasteiger partial charge in [0.1, 0.15) is 17.2 Å². The van der Waals surface area contributed by atoms with Crippen LogP contribution in [-0.4, -0.2) is 11.6 Å².